The highest BCUT2D eigenvalue weighted by Crippen LogP contribution is 2.67. The summed E-state index contributed by atoms with van der Waals surface area (Å²) in [5.41, 5.74) is 5.27. The van der Waals surface area contributed by atoms with E-state index in [0.29, 0.717) is 23.3 Å². The number of hydrogen-bond donors (Lipinski definition) is 0. The maximum atomic E-state index is 5.22. The maximum Gasteiger partial charge on any atom is 0.110 e. The van der Waals surface area contributed by atoms with E-state index in [4.69, 9.17) is 9.73 Å². The van der Waals surface area contributed by atoms with Crippen LogP contribution in [0.2, 0.25) is 0 Å². The molecule has 28 heavy (non-hydrogen) atoms. The SMILES string of the molecule is C=C1C=C2CCC3C(CCC4(C)C(/C(C)=N/CC(=C)OC)CCC34)C2(C)CC1. The largest absolute Gasteiger partial charge is 0.500 e. The number of aliphatic imine (C=N–C) groups is 1. The first-order valence-corrected chi connectivity index (χ1v) is 11.4. The van der Waals surface area contributed by atoms with Crippen LogP contribution in [-0.2, 0) is 4.74 Å². The molecule has 0 N–H and O–H groups in total. The van der Waals surface area contributed by atoms with Crippen molar-refractivity contribution in [3.8, 4) is 0 Å². The average molecular weight is 382 g/mol. The first kappa shape index (κ1) is 20.0. The molecule has 0 aromatic rings. The molecule has 3 saturated carbocycles. The molecule has 0 heterocycles. The molecule has 0 amide bonds. The van der Waals surface area contributed by atoms with Crippen LogP contribution in [0.1, 0.15) is 72.1 Å². The van der Waals surface area contributed by atoms with Crippen LogP contribution in [0.25, 0.3) is 0 Å². The number of hydrogen-bond acceptors (Lipinski definition) is 2. The highest BCUT2D eigenvalue weighted by molar-refractivity contribution is 5.85. The molecular formula is C26H39NO. The molecular weight excluding hydrogens is 342 g/mol. The van der Waals surface area contributed by atoms with Gasteiger partial charge in [-0.1, -0.05) is 44.2 Å². The lowest BCUT2D eigenvalue weighted by molar-refractivity contribution is -0.0417. The number of ether oxygens (including phenoxy) is 1. The zero-order chi connectivity index (χ0) is 20.1. The van der Waals surface area contributed by atoms with Crippen LogP contribution < -0.4 is 0 Å². The number of allylic oxidation sites excluding steroid dienone is 3. The van der Waals surface area contributed by atoms with Crippen LogP contribution in [0, 0.1) is 34.5 Å². The van der Waals surface area contributed by atoms with Crippen LogP contribution in [0.4, 0.5) is 0 Å². The molecule has 0 saturated heterocycles. The van der Waals surface area contributed by atoms with E-state index in [1.807, 2.05) is 0 Å². The lowest BCUT2D eigenvalue weighted by Gasteiger charge is -2.58. The Labute approximate surface area is 172 Å². The summed E-state index contributed by atoms with van der Waals surface area (Å²) in [6.07, 6.45) is 13.1. The summed E-state index contributed by atoms with van der Waals surface area (Å²) in [5.74, 6) is 4.05. The van der Waals surface area contributed by atoms with Gasteiger partial charge in [-0.05, 0) is 86.9 Å². The van der Waals surface area contributed by atoms with Crippen LogP contribution in [0.15, 0.2) is 41.1 Å². The molecule has 4 rings (SSSR count). The van der Waals surface area contributed by atoms with Gasteiger partial charge in [-0.2, -0.15) is 0 Å². The summed E-state index contributed by atoms with van der Waals surface area (Å²) in [5, 5.41) is 0. The second-order valence-electron chi connectivity index (χ2n) is 10.5. The highest BCUT2D eigenvalue weighted by atomic mass is 16.5. The quantitative estimate of drug-likeness (QED) is 0.390. The molecule has 6 atom stereocenters. The lowest BCUT2D eigenvalue weighted by atomic mass is 9.46. The monoisotopic (exact) mass is 381 g/mol. The molecule has 2 heteroatoms. The zero-order valence-electron chi connectivity index (χ0n) is 18.5. The first-order chi connectivity index (χ1) is 13.3. The molecule has 0 aromatic heterocycles. The Balaban J connectivity index is 1.56. The van der Waals surface area contributed by atoms with Gasteiger partial charge in [-0.25, -0.2) is 0 Å². The molecule has 0 spiro atoms. The topological polar surface area (TPSA) is 21.6 Å². The van der Waals surface area contributed by atoms with Crippen molar-refractivity contribution in [2.75, 3.05) is 13.7 Å². The summed E-state index contributed by atoms with van der Waals surface area (Å²) in [6, 6.07) is 0. The van der Waals surface area contributed by atoms with E-state index in [2.05, 4.69) is 40.0 Å². The minimum absolute atomic E-state index is 0.430. The van der Waals surface area contributed by atoms with Crippen molar-refractivity contribution in [3.05, 3.63) is 36.1 Å². The Morgan fingerprint density at radius 2 is 1.93 bits per heavy atom. The maximum absolute atomic E-state index is 5.22. The van der Waals surface area contributed by atoms with E-state index in [0.717, 1.165) is 23.5 Å². The summed E-state index contributed by atoms with van der Waals surface area (Å²) in [4.78, 5) is 4.88. The summed E-state index contributed by atoms with van der Waals surface area (Å²) >= 11 is 0. The van der Waals surface area contributed by atoms with Crippen molar-refractivity contribution in [3.63, 3.8) is 0 Å². The fourth-order valence-corrected chi connectivity index (χ4v) is 7.72. The van der Waals surface area contributed by atoms with Crippen molar-refractivity contribution in [1.29, 1.82) is 0 Å². The number of fused-ring (bicyclic) bond motifs is 5. The van der Waals surface area contributed by atoms with Crippen molar-refractivity contribution in [2.24, 2.45) is 39.5 Å². The minimum Gasteiger partial charge on any atom is -0.500 e. The van der Waals surface area contributed by atoms with Gasteiger partial charge in [-0.3, -0.25) is 4.99 Å². The van der Waals surface area contributed by atoms with Crippen LogP contribution in [0.5, 0.6) is 0 Å². The van der Waals surface area contributed by atoms with Gasteiger partial charge in [0.1, 0.15) is 5.76 Å². The molecule has 0 aromatic carbocycles. The summed E-state index contributed by atoms with van der Waals surface area (Å²) in [7, 11) is 1.69. The van der Waals surface area contributed by atoms with Crippen LogP contribution in [0.3, 0.4) is 0 Å². The van der Waals surface area contributed by atoms with E-state index in [1.54, 1.807) is 12.7 Å². The molecule has 154 valence electrons. The standard InChI is InChI=1S/C26H39NO/c1-17-11-13-25(4)20(15-17)7-8-21-23-10-9-22(19(3)27-16-18(2)28-6)26(23,5)14-12-24(21)25/h15,21-24H,1-2,7-14,16H2,3-6H3/b27-19+. The third-order valence-corrected chi connectivity index (χ3v) is 9.38. The summed E-state index contributed by atoms with van der Waals surface area (Å²) in [6.45, 7) is 16.2. The Bertz CT molecular complexity index is 731. The lowest BCUT2D eigenvalue weighted by Crippen LogP contribution is -2.50. The van der Waals surface area contributed by atoms with Crippen molar-refractivity contribution in [1.82, 2.24) is 0 Å². The number of methoxy groups -OCH3 is 1. The average Bonchev–Trinajstić information content (AvgIpc) is 3.03. The molecule has 0 aliphatic heterocycles. The van der Waals surface area contributed by atoms with Crippen molar-refractivity contribution in [2.45, 2.75) is 72.1 Å². The van der Waals surface area contributed by atoms with Gasteiger partial charge in [-0.15, -0.1) is 0 Å². The molecule has 6 unspecified atom stereocenters. The summed E-state index contributed by atoms with van der Waals surface area (Å²) < 4.78 is 5.22. The van der Waals surface area contributed by atoms with E-state index in [1.165, 1.54) is 62.7 Å². The molecule has 3 fully saturated rings. The Morgan fingerprint density at radius 1 is 1.14 bits per heavy atom. The Hall–Kier alpha value is -1.31. The number of rotatable bonds is 4. The van der Waals surface area contributed by atoms with Crippen molar-refractivity contribution >= 4 is 5.71 Å². The van der Waals surface area contributed by atoms with Crippen molar-refractivity contribution < 1.29 is 4.74 Å². The van der Waals surface area contributed by atoms with Gasteiger partial charge in [0.25, 0.3) is 0 Å². The predicted molar refractivity (Wildman–Crippen MR) is 118 cm³/mol. The second-order valence-corrected chi connectivity index (χ2v) is 10.5. The first-order valence-electron chi connectivity index (χ1n) is 11.4. The minimum atomic E-state index is 0.430. The number of nitrogens with zero attached hydrogens (tertiary/aromatic N) is 1. The Kier molecular flexibility index (Phi) is 5.13. The van der Waals surface area contributed by atoms with E-state index < -0.39 is 0 Å². The Morgan fingerprint density at radius 3 is 2.68 bits per heavy atom. The van der Waals surface area contributed by atoms with Gasteiger partial charge in [0.05, 0.1) is 13.7 Å². The van der Waals surface area contributed by atoms with E-state index >= 15 is 0 Å². The zero-order valence-corrected chi connectivity index (χ0v) is 18.5. The van der Waals surface area contributed by atoms with E-state index in [9.17, 15) is 0 Å². The normalized spacial score (nSPS) is 42.9. The van der Waals surface area contributed by atoms with Gasteiger partial charge >= 0.3 is 0 Å². The van der Waals surface area contributed by atoms with Crippen LogP contribution >= 0.6 is 0 Å². The van der Waals surface area contributed by atoms with Gasteiger partial charge < -0.3 is 4.74 Å². The van der Waals surface area contributed by atoms with Crippen LogP contribution in [-0.4, -0.2) is 19.4 Å². The van der Waals surface area contributed by atoms with Gasteiger partial charge in [0, 0.05) is 11.6 Å². The third-order valence-electron chi connectivity index (χ3n) is 9.38. The second kappa shape index (κ2) is 7.18. The molecule has 4 aliphatic carbocycles. The molecule has 0 bridgehead atoms. The smallest absolute Gasteiger partial charge is 0.110 e. The molecule has 0 radical (unpaired) electrons. The van der Waals surface area contributed by atoms with Gasteiger partial charge in [0.15, 0.2) is 0 Å². The molecule has 4 aliphatic rings. The third kappa shape index (κ3) is 3.02. The molecule has 2 nitrogen and oxygen atoms in total. The van der Waals surface area contributed by atoms with Gasteiger partial charge in [0.2, 0.25) is 0 Å². The predicted octanol–water partition coefficient (Wildman–Crippen LogP) is 6.74. The fraction of sp³-hybridized carbons (Fsp3) is 0.731. The fourth-order valence-electron chi connectivity index (χ4n) is 7.72. The van der Waals surface area contributed by atoms with E-state index in [-0.39, 0.29) is 0 Å². The highest BCUT2D eigenvalue weighted by Gasteiger charge is 2.59.